The van der Waals surface area contributed by atoms with Crippen LogP contribution >= 0.6 is 11.3 Å². The summed E-state index contributed by atoms with van der Waals surface area (Å²) in [4.78, 5) is 18.6. The van der Waals surface area contributed by atoms with Gasteiger partial charge in [0.15, 0.2) is 5.13 Å². The van der Waals surface area contributed by atoms with Crippen LogP contribution < -0.4 is 5.32 Å². The molecule has 0 aliphatic carbocycles. The predicted octanol–water partition coefficient (Wildman–Crippen LogP) is 2.00. The summed E-state index contributed by atoms with van der Waals surface area (Å²) < 4.78 is 1.09. The van der Waals surface area contributed by atoms with Crippen molar-refractivity contribution < 1.29 is 9.90 Å². The van der Waals surface area contributed by atoms with Gasteiger partial charge in [-0.25, -0.2) is 4.98 Å². The Morgan fingerprint density at radius 2 is 2.24 bits per heavy atom. The van der Waals surface area contributed by atoms with Crippen molar-refractivity contribution in [2.75, 3.05) is 25.0 Å². The number of carbonyl (C=O) groups is 1. The molecule has 5 nitrogen and oxygen atoms in total. The van der Waals surface area contributed by atoms with E-state index < -0.39 is 0 Å². The van der Waals surface area contributed by atoms with Crippen molar-refractivity contribution in [3.63, 3.8) is 0 Å². The number of rotatable bonds is 3. The number of aliphatic hydroxyl groups excluding tert-OH is 1. The molecule has 2 heterocycles. The number of fused-ring (bicyclic) bond motifs is 1. The lowest BCUT2D eigenvalue weighted by Crippen LogP contribution is -2.40. The summed E-state index contributed by atoms with van der Waals surface area (Å²) in [6.45, 7) is 3.95. The zero-order valence-electron chi connectivity index (χ0n) is 12.0. The lowest BCUT2D eigenvalue weighted by Gasteiger charge is -2.28. The van der Waals surface area contributed by atoms with Crippen molar-refractivity contribution in [2.24, 2.45) is 0 Å². The van der Waals surface area contributed by atoms with Gasteiger partial charge in [-0.1, -0.05) is 17.4 Å². The van der Waals surface area contributed by atoms with Gasteiger partial charge in [-0.05, 0) is 37.5 Å². The number of benzene rings is 1. The van der Waals surface area contributed by atoms with Crippen LogP contribution in [0.3, 0.4) is 0 Å². The summed E-state index contributed by atoms with van der Waals surface area (Å²) >= 11 is 1.50. The van der Waals surface area contributed by atoms with Crippen molar-refractivity contribution >= 4 is 32.6 Å². The number of carbonyl (C=O) groups excluding carboxylic acids is 1. The molecule has 1 fully saturated rings. The molecular weight excluding hydrogens is 286 g/mol. The second kappa shape index (κ2) is 6.09. The maximum absolute atomic E-state index is 12.1. The van der Waals surface area contributed by atoms with E-state index in [1.807, 2.05) is 19.1 Å². The number of aliphatic hydroxyl groups is 1. The summed E-state index contributed by atoms with van der Waals surface area (Å²) in [7, 11) is 0. The second-order valence-corrected chi connectivity index (χ2v) is 6.58. The van der Waals surface area contributed by atoms with Gasteiger partial charge in [0.2, 0.25) is 5.91 Å². The van der Waals surface area contributed by atoms with Gasteiger partial charge in [-0.3, -0.25) is 9.69 Å². The fourth-order valence-corrected chi connectivity index (χ4v) is 3.50. The Kier molecular flexibility index (Phi) is 4.19. The molecule has 2 aromatic rings. The van der Waals surface area contributed by atoms with Gasteiger partial charge in [0.05, 0.1) is 22.9 Å². The van der Waals surface area contributed by atoms with E-state index in [-0.39, 0.29) is 12.0 Å². The number of likely N-dealkylation sites (tertiary alicyclic amines) is 1. The van der Waals surface area contributed by atoms with E-state index in [0.717, 1.165) is 36.1 Å². The predicted molar refractivity (Wildman–Crippen MR) is 84.7 cm³/mol. The molecule has 0 bridgehead atoms. The zero-order chi connectivity index (χ0) is 14.8. The molecule has 1 aliphatic rings. The quantitative estimate of drug-likeness (QED) is 0.910. The van der Waals surface area contributed by atoms with Crippen LogP contribution in [0.15, 0.2) is 18.2 Å². The summed E-state index contributed by atoms with van der Waals surface area (Å²) in [5, 5.41) is 13.0. The first-order valence-corrected chi connectivity index (χ1v) is 7.99. The van der Waals surface area contributed by atoms with Gasteiger partial charge in [0, 0.05) is 13.1 Å². The third kappa shape index (κ3) is 3.58. The van der Waals surface area contributed by atoms with Crippen molar-refractivity contribution in [3.05, 3.63) is 23.8 Å². The van der Waals surface area contributed by atoms with Crippen LogP contribution in [-0.4, -0.2) is 46.6 Å². The minimum absolute atomic E-state index is 0.0397. The Morgan fingerprint density at radius 1 is 1.48 bits per heavy atom. The monoisotopic (exact) mass is 305 g/mol. The van der Waals surface area contributed by atoms with Crippen LogP contribution in [0.25, 0.3) is 10.2 Å². The van der Waals surface area contributed by atoms with Gasteiger partial charge in [-0.15, -0.1) is 0 Å². The molecule has 1 amide bonds. The Hall–Kier alpha value is -1.50. The molecule has 1 aromatic heterocycles. The summed E-state index contributed by atoms with van der Waals surface area (Å²) in [5.74, 6) is -0.0397. The molecule has 112 valence electrons. The third-order valence-corrected chi connectivity index (χ3v) is 4.65. The molecule has 0 radical (unpaired) electrons. The van der Waals surface area contributed by atoms with Crippen LogP contribution in [0.4, 0.5) is 5.13 Å². The highest BCUT2D eigenvalue weighted by molar-refractivity contribution is 7.22. The van der Waals surface area contributed by atoms with Crippen molar-refractivity contribution in [2.45, 2.75) is 25.9 Å². The average molecular weight is 305 g/mol. The van der Waals surface area contributed by atoms with Crippen LogP contribution in [0.1, 0.15) is 18.4 Å². The SMILES string of the molecule is Cc1ccc2nc(NC(=O)CN3CCC(O)CC3)sc2c1. The largest absolute Gasteiger partial charge is 0.393 e. The normalized spacial score (nSPS) is 17.2. The van der Waals surface area contributed by atoms with Crippen LogP contribution in [-0.2, 0) is 4.79 Å². The van der Waals surface area contributed by atoms with Gasteiger partial charge >= 0.3 is 0 Å². The molecule has 6 heteroatoms. The van der Waals surface area contributed by atoms with Gasteiger partial charge in [0.1, 0.15) is 0 Å². The first-order valence-electron chi connectivity index (χ1n) is 7.17. The average Bonchev–Trinajstić information content (AvgIpc) is 2.82. The fourth-order valence-electron chi connectivity index (χ4n) is 2.52. The van der Waals surface area contributed by atoms with Crippen LogP contribution in [0.2, 0.25) is 0 Å². The Bertz CT molecular complexity index is 647. The molecule has 0 spiro atoms. The summed E-state index contributed by atoms with van der Waals surface area (Å²) in [5.41, 5.74) is 2.11. The molecule has 21 heavy (non-hydrogen) atoms. The number of aryl methyl sites for hydroxylation is 1. The van der Waals surface area contributed by atoms with Gasteiger partial charge in [-0.2, -0.15) is 0 Å². The topological polar surface area (TPSA) is 65.5 Å². The fraction of sp³-hybridized carbons (Fsp3) is 0.467. The number of thiazole rings is 1. The molecule has 3 rings (SSSR count). The highest BCUT2D eigenvalue weighted by Crippen LogP contribution is 2.26. The van der Waals surface area contributed by atoms with E-state index in [2.05, 4.69) is 21.3 Å². The number of hydrogen-bond donors (Lipinski definition) is 2. The Morgan fingerprint density at radius 3 is 3.00 bits per heavy atom. The highest BCUT2D eigenvalue weighted by Gasteiger charge is 2.19. The van der Waals surface area contributed by atoms with Crippen LogP contribution in [0, 0.1) is 6.92 Å². The summed E-state index contributed by atoms with van der Waals surface area (Å²) in [6, 6.07) is 6.07. The van der Waals surface area contributed by atoms with E-state index in [1.54, 1.807) is 0 Å². The first-order chi connectivity index (χ1) is 10.1. The number of anilines is 1. The molecule has 1 aliphatic heterocycles. The maximum atomic E-state index is 12.1. The van der Waals surface area contributed by atoms with Crippen LogP contribution in [0.5, 0.6) is 0 Å². The third-order valence-electron chi connectivity index (χ3n) is 3.71. The van der Waals surface area contributed by atoms with E-state index in [9.17, 15) is 9.90 Å². The van der Waals surface area contributed by atoms with E-state index >= 15 is 0 Å². The molecule has 0 saturated carbocycles. The number of nitrogens with one attached hydrogen (secondary N) is 1. The molecule has 1 saturated heterocycles. The lowest BCUT2D eigenvalue weighted by molar-refractivity contribution is -0.117. The number of nitrogens with zero attached hydrogens (tertiary/aromatic N) is 2. The lowest BCUT2D eigenvalue weighted by atomic mass is 10.1. The highest BCUT2D eigenvalue weighted by atomic mass is 32.1. The number of aromatic nitrogens is 1. The minimum Gasteiger partial charge on any atom is -0.393 e. The van der Waals surface area contributed by atoms with E-state index in [0.29, 0.717) is 11.7 Å². The van der Waals surface area contributed by atoms with Crippen molar-refractivity contribution in [1.29, 1.82) is 0 Å². The smallest absolute Gasteiger partial charge is 0.240 e. The van der Waals surface area contributed by atoms with Crippen molar-refractivity contribution in [1.82, 2.24) is 9.88 Å². The molecule has 2 N–H and O–H groups in total. The Balaban J connectivity index is 1.60. The van der Waals surface area contributed by atoms with Gasteiger partial charge < -0.3 is 10.4 Å². The number of hydrogen-bond acceptors (Lipinski definition) is 5. The molecule has 0 unspecified atom stereocenters. The Labute approximate surface area is 127 Å². The van der Waals surface area contributed by atoms with E-state index in [1.165, 1.54) is 16.9 Å². The van der Waals surface area contributed by atoms with Gasteiger partial charge in [0.25, 0.3) is 0 Å². The van der Waals surface area contributed by atoms with E-state index in [4.69, 9.17) is 0 Å². The maximum Gasteiger partial charge on any atom is 0.240 e. The minimum atomic E-state index is -0.211. The number of amides is 1. The second-order valence-electron chi connectivity index (χ2n) is 5.55. The zero-order valence-corrected chi connectivity index (χ0v) is 12.8. The molecule has 1 aromatic carbocycles. The first kappa shape index (κ1) is 14.4. The standard InChI is InChI=1S/C15H19N3O2S/c1-10-2-3-12-13(8-10)21-15(16-12)17-14(20)9-18-6-4-11(19)5-7-18/h2-3,8,11,19H,4-7,9H2,1H3,(H,16,17,20). The van der Waals surface area contributed by atoms with Crippen molar-refractivity contribution in [3.8, 4) is 0 Å². The number of piperidine rings is 1. The molecular formula is C15H19N3O2S. The molecule has 0 atom stereocenters. The summed E-state index contributed by atoms with van der Waals surface area (Å²) in [6.07, 6.45) is 1.28.